The third-order valence-corrected chi connectivity index (χ3v) is 9.56. The number of carbonyl (C=O) groups excluding carboxylic acids is 3. The Morgan fingerprint density at radius 2 is 1.71 bits per heavy atom. The van der Waals surface area contributed by atoms with Gasteiger partial charge in [-0.15, -0.1) is 0 Å². The van der Waals surface area contributed by atoms with Gasteiger partial charge in [0.1, 0.15) is 18.4 Å². The van der Waals surface area contributed by atoms with Crippen LogP contribution in [-0.4, -0.2) is 62.9 Å². The van der Waals surface area contributed by atoms with Crippen LogP contribution in [0.1, 0.15) is 70.1 Å². The highest BCUT2D eigenvalue weighted by molar-refractivity contribution is 6.76. The van der Waals surface area contributed by atoms with Crippen molar-refractivity contribution in [1.29, 1.82) is 5.26 Å². The first-order valence-corrected chi connectivity index (χ1v) is 20.2. The van der Waals surface area contributed by atoms with E-state index in [0.717, 1.165) is 6.04 Å². The molecule has 0 radical (unpaired) electrons. The van der Waals surface area contributed by atoms with Crippen molar-refractivity contribution in [2.24, 2.45) is 16.8 Å². The van der Waals surface area contributed by atoms with Gasteiger partial charge in [-0.1, -0.05) is 75.5 Å². The van der Waals surface area contributed by atoms with Gasteiger partial charge in [0.25, 0.3) is 5.91 Å². The molecule has 2 aromatic rings. The number of amides is 2. The minimum absolute atomic E-state index is 0.0933. The first-order chi connectivity index (χ1) is 22.8. The van der Waals surface area contributed by atoms with Crippen molar-refractivity contribution < 1.29 is 37.0 Å². The summed E-state index contributed by atoms with van der Waals surface area (Å²) in [5.41, 5.74) is 0.786. The van der Waals surface area contributed by atoms with Crippen LogP contribution in [-0.2, 0) is 23.9 Å². The van der Waals surface area contributed by atoms with Crippen LogP contribution in [0.2, 0.25) is 25.7 Å². The number of rotatable bonds is 14. The largest absolute Gasteiger partial charge is 0.460 e. The topological polar surface area (TPSA) is 121 Å². The monoisotopic (exact) mass is 700 g/mol. The third-order valence-electron chi connectivity index (χ3n) is 7.85. The molecule has 2 aromatic carbocycles. The van der Waals surface area contributed by atoms with Crippen LogP contribution in [0.25, 0.3) is 0 Å². The Labute approximate surface area is 287 Å². The van der Waals surface area contributed by atoms with E-state index in [1.54, 1.807) is 76.2 Å². The molecule has 0 saturated carbocycles. The number of halogens is 3. The van der Waals surface area contributed by atoms with Crippen molar-refractivity contribution >= 4 is 37.3 Å². The highest BCUT2D eigenvalue weighted by Crippen LogP contribution is 2.34. The zero-order valence-corrected chi connectivity index (χ0v) is 30.3. The fourth-order valence-electron chi connectivity index (χ4n) is 5.46. The summed E-state index contributed by atoms with van der Waals surface area (Å²) in [7, 11) is -1.51. The van der Waals surface area contributed by atoms with Crippen LogP contribution >= 0.6 is 0 Å². The molecule has 1 aliphatic rings. The average Bonchev–Trinajstić information content (AvgIpc) is 3.11. The number of benzene rings is 2. The summed E-state index contributed by atoms with van der Waals surface area (Å²) in [5, 5.41) is 12.7. The van der Waals surface area contributed by atoms with Crippen molar-refractivity contribution in [2.75, 3.05) is 18.2 Å². The quantitative estimate of drug-likeness (QED) is 0.126. The number of ether oxygens (including phenoxy) is 2. The molecular weight excluding hydrogens is 653 g/mol. The second-order valence-electron chi connectivity index (χ2n) is 14.4. The number of hydrogen-bond donors (Lipinski definition) is 1. The van der Waals surface area contributed by atoms with Crippen LogP contribution in [0.4, 0.5) is 18.9 Å². The maximum atomic E-state index is 14.4. The zero-order chi connectivity index (χ0) is 36.6. The molecule has 0 spiro atoms. The maximum Gasteiger partial charge on any atom is 0.389 e. The van der Waals surface area contributed by atoms with E-state index >= 15 is 0 Å². The molecule has 13 heteroatoms. The van der Waals surface area contributed by atoms with E-state index in [-0.39, 0.29) is 24.4 Å². The maximum absolute atomic E-state index is 14.4. The lowest BCUT2D eigenvalue weighted by Crippen LogP contribution is -2.51. The molecule has 0 bridgehead atoms. The fraction of sp³-hybridized carbons (Fsp3) is 0.528. The van der Waals surface area contributed by atoms with Gasteiger partial charge in [-0.05, 0) is 45.7 Å². The number of hydrogen-bond acceptors (Lipinski definition) is 7. The molecule has 266 valence electrons. The van der Waals surface area contributed by atoms with Crippen LogP contribution < -0.4 is 10.2 Å². The van der Waals surface area contributed by atoms with E-state index in [1.165, 1.54) is 4.90 Å². The van der Waals surface area contributed by atoms with E-state index in [2.05, 4.69) is 31.0 Å². The summed E-state index contributed by atoms with van der Waals surface area (Å²) < 4.78 is 52.1. The molecular formula is C36H47F3N4O5Si. The summed E-state index contributed by atoms with van der Waals surface area (Å²) in [6.07, 6.45) is -7.74. The van der Waals surface area contributed by atoms with Gasteiger partial charge < -0.3 is 14.8 Å². The highest BCUT2D eigenvalue weighted by Gasteiger charge is 2.42. The number of nitrogens with one attached hydrogen (secondary N) is 1. The van der Waals surface area contributed by atoms with Crippen molar-refractivity contribution in [3.63, 3.8) is 0 Å². The fourth-order valence-corrected chi connectivity index (χ4v) is 6.21. The molecule has 0 aliphatic carbocycles. The SMILES string of the molecule is CCC[C@H](C(=O)OC(C)(C)C)[C@@H](CCC(F)(F)F)C(=O)NC1N=C(c2ccccc2)c2cccc(C#N)c2N(COCC[Si](C)(C)C)C1=O. The Hall–Kier alpha value is -4.02. The molecule has 1 aliphatic heterocycles. The van der Waals surface area contributed by atoms with Gasteiger partial charge in [-0.3, -0.25) is 19.3 Å². The molecule has 0 fully saturated rings. The summed E-state index contributed by atoms with van der Waals surface area (Å²) in [4.78, 5) is 47.8. The molecule has 1 N–H and O–H groups in total. The number of anilines is 1. The highest BCUT2D eigenvalue weighted by atomic mass is 28.3. The lowest BCUT2D eigenvalue weighted by molar-refractivity contribution is -0.167. The van der Waals surface area contributed by atoms with E-state index in [4.69, 9.17) is 14.5 Å². The van der Waals surface area contributed by atoms with Crippen molar-refractivity contribution in [3.8, 4) is 6.07 Å². The Morgan fingerprint density at radius 1 is 1.04 bits per heavy atom. The summed E-state index contributed by atoms with van der Waals surface area (Å²) in [6.45, 7) is 13.3. The summed E-state index contributed by atoms with van der Waals surface area (Å²) in [5.74, 6) is -5.14. The number of aliphatic imine (C=N–C) groups is 1. The number of esters is 1. The van der Waals surface area contributed by atoms with Crippen molar-refractivity contribution in [2.45, 2.75) is 97.0 Å². The van der Waals surface area contributed by atoms with Gasteiger partial charge in [-0.2, -0.15) is 18.4 Å². The van der Waals surface area contributed by atoms with Crippen LogP contribution in [0.3, 0.4) is 0 Å². The number of nitrogens with zero attached hydrogens (tertiary/aromatic N) is 3. The first kappa shape index (κ1) is 39.4. The number of nitriles is 1. The molecule has 0 saturated heterocycles. The van der Waals surface area contributed by atoms with Gasteiger partial charge in [0.2, 0.25) is 12.1 Å². The van der Waals surface area contributed by atoms with E-state index in [0.29, 0.717) is 29.9 Å². The summed E-state index contributed by atoms with van der Waals surface area (Å²) in [6, 6.07) is 16.7. The second-order valence-corrected chi connectivity index (χ2v) is 20.0. The predicted molar refractivity (Wildman–Crippen MR) is 185 cm³/mol. The molecule has 1 heterocycles. The molecule has 3 rings (SSSR count). The lowest BCUT2D eigenvalue weighted by Gasteiger charge is -2.30. The molecule has 49 heavy (non-hydrogen) atoms. The van der Waals surface area contributed by atoms with E-state index in [9.17, 15) is 32.8 Å². The van der Waals surface area contributed by atoms with Gasteiger partial charge in [-0.25, -0.2) is 4.99 Å². The van der Waals surface area contributed by atoms with E-state index < -0.39 is 68.5 Å². The van der Waals surface area contributed by atoms with Gasteiger partial charge >= 0.3 is 12.1 Å². The minimum atomic E-state index is -4.60. The molecule has 0 aromatic heterocycles. The normalized spacial score (nSPS) is 16.5. The van der Waals surface area contributed by atoms with Crippen molar-refractivity contribution in [3.05, 3.63) is 65.2 Å². The minimum Gasteiger partial charge on any atom is -0.460 e. The van der Waals surface area contributed by atoms with Gasteiger partial charge in [0, 0.05) is 32.2 Å². The number of alkyl halides is 3. The second kappa shape index (κ2) is 16.6. The number of para-hydroxylation sites is 1. The lowest BCUT2D eigenvalue weighted by atomic mass is 9.84. The molecule has 2 amide bonds. The van der Waals surface area contributed by atoms with Gasteiger partial charge in [0.15, 0.2) is 0 Å². The van der Waals surface area contributed by atoms with E-state index in [1.807, 2.05) is 0 Å². The Balaban J connectivity index is 2.14. The summed E-state index contributed by atoms with van der Waals surface area (Å²) >= 11 is 0. The Morgan fingerprint density at radius 3 is 2.29 bits per heavy atom. The predicted octanol–water partition coefficient (Wildman–Crippen LogP) is 7.21. The van der Waals surface area contributed by atoms with Gasteiger partial charge in [0.05, 0.1) is 28.8 Å². The molecule has 9 nitrogen and oxygen atoms in total. The van der Waals surface area contributed by atoms with Crippen LogP contribution in [0.5, 0.6) is 0 Å². The van der Waals surface area contributed by atoms with Crippen molar-refractivity contribution in [1.82, 2.24) is 5.32 Å². The average molecular weight is 701 g/mol. The third kappa shape index (κ3) is 11.5. The van der Waals surface area contributed by atoms with Crippen LogP contribution in [0, 0.1) is 23.2 Å². The number of fused-ring (bicyclic) bond motifs is 1. The Bertz CT molecular complexity index is 1540. The molecule has 1 unspecified atom stereocenters. The molecule has 3 atom stereocenters. The Kier molecular flexibility index (Phi) is 13.3. The van der Waals surface area contributed by atoms with Crippen LogP contribution in [0.15, 0.2) is 53.5 Å². The first-order valence-electron chi connectivity index (χ1n) is 16.5. The zero-order valence-electron chi connectivity index (χ0n) is 29.3. The number of benzodiazepines with no additional fused rings is 1. The smallest absolute Gasteiger partial charge is 0.389 e. The number of carbonyl (C=O) groups is 3. The standard InChI is InChI=1S/C36H47F3N4O5Si/c1-8-13-27(34(46)48-35(2,3)4)26(18-19-36(37,38)39)32(44)42-31-33(45)43(23-47-20-21-49(5,6)7)30-25(22-40)16-12-17-28(30)29(41-31)24-14-10-9-11-15-24/h9-12,14-17,26-27,31H,8,13,18-21,23H2,1-7H3,(H,42,44)/t26-,27+,31?/m1/s1.